The smallest absolute Gasteiger partial charge is 0.119 e. The second-order valence-corrected chi connectivity index (χ2v) is 5.16. The summed E-state index contributed by atoms with van der Waals surface area (Å²) in [5.41, 5.74) is 5.23. The molecule has 19 heavy (non-hydrogen) atoms. The van der Waals surface area contributed by atoms with E-state index in [4.69, 9.17) is 4.74 Å². The zero-order chi connectivity index (χ0) is 13.2. The average Bonchev–Trinajstić information content (AvgIpc) is 2.92. The average molecular weight is 253 g/mol. The normalized spacial score (nSPS) is 18.8. The Hall–Kier alpha value is -1.80. The van der Waals surface area contributed by atoms with E-state index < -0.39 is 0 Å². The minimum atomic E-state index is 0.323. The third-order valence-electron chi connectivity index (χ3n) is 3.89. The summed E-state index contributed by atoms with van der Waals surface area (Å²) in [5, 5.41) is 0. The number of hydrogen-bond acceptors (Lipinski definition) is 2. The number of anilines is 1. The van der Waals surface area contributed by atoms with Gasteiger partial charge >= 0.3 is 0 Å². The van der Waals surface area contributed by atoms with Crippen LogP contribution in [0.2, 0.25) is 0 Å². The van der Waals surface area contributed by atoms with Crippen LogP contribution in [0.1, 0.15) is 22.7 Å². The van der Waals surface area contributed by atoms with Gasteiger partial charge in [-0.05, 0) is 42.7 Å². The molecule has 0 saturated carbocycles. The van der Waals surface area contributed by atoms with Gasteiger partial charge in [0.2, 0.25) is 0 Å². The molecule has 1 aliphatic rings. The van der Waals surface area contributed by atoms with Gasteiger partial charge in [0.05, 0.1) is 12.6 Å². The highest BCUT2D eigenvalue weighted by atomic mass is 16.5. The fraction of sp³-hybridized carbons (Fsp3) is 0.294. The lowest BCUT2D eigenvalue weighted by Crippen LogP contribution is -2.23. The minimum Gasteiger partial charge on any atom is -0.359 e. The largest absolute Gasteiger partial charge is 0.359 e. The second kappa shape index (κ2) is 5.06. The summed E-state index contributed by atoms with van der Waals surface area (Å²) < 4.78 is 5.67. The quantitative estimate of drug-likeness (QED) is 0.806. The van der Waals surface area contributed by atoms with Crippen LogP contribution in [0.4, 0.5) is 5.69 Å². The van der Waals surface area contributed by atoms with Crippen molar-refractivity contribution in [3.8, 4) is 0 Å². The summed E-state index contributed by atoms with van der Waals surface area (Å²) in [6, 6.07) is 17.5. The van der Waals surface area contributed by atoms with Crippen molar-refractivity contribution in [1.82, 2.24) is 0 Å². The number of benzene rings is 2. The lowest BCUT2D eigenvalue weighted by molar-refractivity contribution is 0.194. The molecule has 1 atom stereocenters. The summed E-state index contributed by atoms with van der Waals surface area (Å²) in [6.45, 7) is 5.74. The molecule has 1 unspecified atom stereocenters. The molecule has 2 aromatic carbocycles. The summed E-state index contributed by atoms with van der Waals surface area (Å²) in [6.07, 6.45) is 0. The SMILES string of the molecule is Cc1ccc(N2COCC2c2ccccc2)cc1C. The number of aryl methyl sites for hydroxylation is 2. The van der Waals surface area contributed by atoms with E-state index >= 15 is 0 Å². The Kier molecular flexibility index (Phi) is 3.26. The van der Waals surface area contributed by atoms with Crippen molar-refractivity contribution in [2.24, 2.45) is 0 Å². The molecule has 0 aromatic heterocycles. The highest BCUT2D eigenvalue weighted by molar-refractivity contribution is 5.53. The van der Waals surface area contributed by atoms with Gasteiger partial charge in [-0.25, -0.2) is 0 Å². The molecule has 0 radical (unpaired) electrons. The second-order valence-electron chi connectivity index (χ2n) is 5.16. The Morgan fingerprint density at radius 3 is 2.53 bits per heavy atom. The first-order valence-electron chi connectivity index (χ1n) is 6.72. The first-order chi connectivity index (χ1) is 9.25. The molecule has 0 bridgehead atoms. The van der Waals surface area contributed by atoms with Gasteiger partial charge < -0.3 is 9.64 Å². The molecule has 2 aromatic rings. The first-order valence-corrected chi connectivity index (χ1v) is 6.72. The Morgan fingerprint density at radius 1 is 1.00 bits per heavy atom. The molecular formula is C17H19NO. The number of hydrogen-bond donors (Lipinski definition) is 0. The standard InChI is InChI=1S/C17H19NO/c1-13-8-9-16(10-14(13)2)18-12-19-11-17(18)15-6-4-3-5-7-15/h3-10,17H,11-12H2,1-2H3. The van der Waals surface area contributed by atoms with Gasteiger partial charge in [-0.2, -0.15) is 0 Å². The summed E-state index contributed by atoms with van der Waals surface area (Å²) in [7, 11) is 0. The molecule has 1 saturated heterocycles. The molecule has 3 rings (SSSR count). The van der Waals surface area contributed by atoms with Crippen molar-refractivity contribution in [1.29, 1.82) is 0 Å². The zero-order valence-corrected chi connectivity index (χ0v) is 11.5. The molecular weight excluding hydrogens is 234 g/mol. The predicted octanol–water partition coefficient (Wildman–Crippen LogP) is 3.84. The van der Waals surface area contributed by atoms with Crippen molar-refractivity contribution < 1.29 is 4.74 Å². The van der Waals surface area contributed by atoms with E-state index in [2.05, 4.69) is 67.3 Å². The van der Waals surface area contributed by atoms with Crippen molar-refractivity contribution in [2.75, 3.05) is 18.2 Å². The van der Waals surface area contributed by atoms with Crippen molar-refractivity contribution >= 4 is 5.69 Å². The lowest BCUT2D eigenvalue weighted by Gasteiger charge is -2.25. The van der Waals surface area contributed by atoms with E-state index in [1.807, 2.05) is 0 Å². The number of ether oxygens (including phenoxy) is 1. The van der Waals surface area contributed by atoms with E-state index in [0.717, 1.165) is 6.61 Å². The Labute approximate surface area is 114 Å². The van der Waals surface area contributed by atoms with Crippen LogP contribution in [0.15, 0.2) is 48.5 Å². The molecule has 98 valence electrons. The molecule has 2 heteroatoms. The minimum absolute atomic E-state index is 0.323. The maximum atomic E-state index is 5.67. The van der Waals surface area contributed by atoms with E-state index in [0.29, 0.717) is 12.8 Å². The van der Waals surface area contributed by atoms with Crippen molar-refractivity contribution in [3.05, 3.63) is 65.2 Å². The van der Waals surface area contributed by atoms with Crippen LogP contribution in [0, 0.1) is 13.8 Å². The summed E-state index contributed by atoms with van der Waals surface area (Å²) in [4.78, 5) is 2.34. The molecule has 1 aliphatic heterocycles. The van der Waals surface area contributed by atoms with Gasteiger partial charge in [-0.15, -0.1) is 0 Å². The highest BCUT2D eigenvalue weighted by Gasteiger charge is 2.26. The summed E-state index contributed by atoms with van der Waals surface area (Å²) >= 11 is 0. The fourth-order valence-corrected chi connectivity index (χ4v) is 2.55. The van der Waals surface area contributed by atoms with Crippen LogP contribution in [-0.4, -0.2) is 13.3 Å². The van der Waals surface area contributed by atoms with Crippen LogP contribution in [0.3, 0.4) is 0 Å². The van der Waals surface area contributed by atoms with Gasteiger partial charge in [-0.1, -0.05) is 36.4 Å². The van der Waals surface area contributed by atoms with Crippen LogP contribution in [0.25, 0.3) is 0 Å². The molecule has 2 nitrogen and oxygen atoms in total. The van der Waals surface area contributed by atoms with E-state index in [1.165, 1.54) is 22.4 Å². The van der Waals surface area contributed by atoms with Crippen LogP contribution < -0.4 is 4.90 Å². The third-order valence-corrected chi connectivity index (χ3v) is 3.89. The van der Waals surface area contributed by atoms with Gasteiger partial charge in [-0.3, -0.25) is 0 Å². The van der Waals surface area contributed by atoms with Gasteiger partial charge in [0.25, 0.3) is 0 Å². The van der Waals surface area contributed by atoms with Gasteiger partial charge in [0.15, 0.2) is 0 Å². The highest BCUT2D eigenvalue weighted by Crippen LogP contribution is 2.32. The maximum Gasteiger partial charge on any atom is 0.119 e. The Morgan fingerprint density at radius 2 is 1.79 bits per heavy atom. The van der Waals surface area contributed by atoms with Crippen molar-refractivity contribution in [2.45, 2.75) is 19.9 Å². The maximum absolute atomic E-state index is 5.67. The van der Waals surface area contributed by atoms with E-state index in [9.17, 15) is 0 Å². The predicted molar refractivity (Wildman–Crippen MR) is 78.4 cm³/mol. The first kappa shape index (κ1) is 12.2. The molecule has 0 spiro atoms. The molecule has 1 fully saturated rings. The molecule has 0 aliphatic carbocycles. The Bertz CT molecular complexity index is 565. The monoisotopic (exact) mass is 253 g/mol. The molecule has 0 N–H and O–H groups in total. The van der Waals surface area contributed by atoms with Crippen LogP contribution in [-0.2, 0) is 4.74 Å². The van der Waals surface area contributed by atoms with Gasteiger partial charge in [0.1, 0.15) is 6.73 Å². The number of nitrogens with zero attached hydrogens (tertiary/aromatic N) is 1. The van der Waals surface area contributed by atoms with Crippen molar-refractivity contribution in [3.63, 3.8) is 0 Å². The number of rotatable bonds is 2. The van der Waals surface area contributed by atoms with E-state index in [1.54, 1.807) is 0 Å². The topological polar surface area (TPSA) is 12.5 Å². The van der Waals surface area contributed by atoms with Gasteiger partial charge in [0, 0.05) is 5.69 Å². The summed E-state index contributed by atoms with van der Waals surface area (Å²) in [5.74, 6) is 0. The third kappa shape index (κ3) is 2.36. The molecule has 1 heterocycles. The van der Waals surface area contributed by atoms with Crippen LogP contribution in [0.5, 0.6) is 0 Å². The van der Waals surface area contributed by atoms with E-state index in [-0.39, 0.29) is 0 Å². The zero-order valence-electron chi connectivity index (χ0n) is 11.5. The lowest BCUT2D eigenvalue weighted by atomic mass is 10.0. The Balaban J connectivity index is 1.93. The van der Waals surface area contributed by atoms with Crippen LogP contribution >= 0.6 is 0 Å². The fourth-order valence-electron chi connectivity index (χ4n) is 2.55. The molecule has 0 amide bonds.